The third-order valence-electron chi connectivity index (χ3n) is 4.88. The molecule has 1 unspecified atom stereocenters. The average molecular weight is 549 g/mol. The van der Waals surface area contributed by atoms with Crippen LogP contribution in [0.25, 0.3) is 0 Å². The normalized spacial score (nSPS) is 13.6. The van der Waals surface area contributed by atoms with E-state index >= 15 is 0 Å². The van der Waals surface area contributed by atoms with Crippen molar-refractivity contribution in [1.82, 2.24) is 0 Å². The molecule has 0 saturated heterocycles. The van der Waals surface area contributed by atoms with Gasteiger partial charge in [0.1, 0.15) is 0 Å². The van der Waals surface area contributed by atoms with Crippen molar-refractivity contribution in [1.29, 1.82) is 0 Å². The third-order valence-corrected chi connectivity index (χ3v) is 8.00. The highest BCUT2D eigenvalue weighted by molar-refractivity contribution is 7.97. The van der Waals surface area contributed by atoms with Crippen LogP contribution in [0.5, 0.6) is 0 Å². The molecule has 0 aliphatic carbocycles. The molecule has 0 amide bonds. The van der Waals surface area contributed by atoms with E-state index in [0.29, 0.717) is 0 Å². The lowest BCUT2D eigenvalue weighted by Crippen LogP contribution is -2.49. The highest BCUT2D eigenvalue weighted by Gasteiger charge is 2.59. The zero-order valence-corrected chi connectivity index (χ0v) is 21.2. The van der Waals surface area contributed by atoms with Crippen LogP contribution in [0.4, 0.5) is 22.0 Å². The van der Waals surface area contributed by atoms with Crippen molar-refractivity contribution in [3.63, 3.8) is 0 Å². The molecule has 0 aromatic heterocycles. The van der Waals surface area contributed by atoms with Crippen LogP contribution in [0.1, 0.15) is 26.3 Å². The number of hydrogen-bond donors (Lipinski definition) is 1. The van der Waals surface area contributed by atoms with Crippen LogP contribution in [-0.4, -0.2) is 35.6 Å². The number of hydrogen-bond acceptors (Lipinski definition) is 4. The summed E-state index contributed by atoms with van der Waals surface area (Å²) < 4.78 is 86.7. The molecule has 0 spiro atoms. The largest absolute Gasteiger partial charge is 0.743 e. The summed E-state index contributed by atoms with van der Waals surface area (Å²) in [6.07, 6.45) is -10.4. The summed E-state index contributed by atoms with van der Waals surface area (Å²) in [4.78, 5) is 4.10. The van der Waals surface area contributed by atoms with Crippen LogP contribution in [0.2, 0.25) is 0 Å². The first-order valence-corrected chi connectivity index (χ1v) is 13.1. The molecule has 3 rings (SSSR count). The van der Waals surface area contributed by atoms with Crippen molar-refractivity contribution in [3.05, 3.63) is 90.5 Å². The lowest BCUT2D eigenvalue weighted by atomic mass is 9.87. The van der Waals surface area contributed by atoms with Crippen molar-refractivity contribution in [2.45, 2.75) is 58.4 Å². The van der Waals surface area contributed by atoms with Gasteiger partial charge < -0.3 is 9.66 Å². The molecule has 36 heavy (non-hydrogen) atoms. The smallest absolute Gasteiger partial charge is 0.421 e. The van der Waals surface area contributed by atoms with Gasteiger partial charge in [-0.05, 0) is 47.4 Å². The van der Waals surface area contributed by atoms with Gasteiger partial charge in [-0.1, -0.05) is 69.3 Å². The van der Waals surface area contributed by atoms with Crippen molar-refractivity contribution >= 4 is 21.0 Å². The molecule has 0 radical (unpaired) electrons. The summed E-state index contributed by atoms with van der Waals surface area (Å²) in [5, 5.41) is 2.02. The van der Waals surface area contributed by atoms with Crippen LogP contribution in [0.15, 0.2) is 99.6 Å². The second kappa shape index (κ2) is 11.3. The molecule has 4 nitrogen and oxygen atoms in total. The van der Waals surface area contributed by atoms with E-state index in [1.807, 2.05) is 0 Å². The Balaban J connectivity index is 0.000000302. The maximum absolute atomic E-state index is 11.9. The van der Waals surface area contributed by atoms with Crippen LogP contribution >= 0.6 is 0 Å². The molecule has 0 bridgehead atoms. The molecular formula is C25H25F5O4S2. The van der Waals surface area contributed by atoms with Crippen LogP contribution in [0, 0.1) is 0 Å². The standard InChI is InChI=1S/C22H23S.C3H3F5O4S/c1-22(2,3)18-14-16-21(17-15-18)23(19-10-6-4-7-11-19)20-12-8-5-9-13-20;4-2(5,6)1(9)3(7,8)13(10,11)12/h4-17H,1-3H3;1,9H,(H,10,11,12)/q+1;/p-1. The minimum atomic E-state index is -6.54. The molecule has 11 heteroatoms. The molecule has 196 valence electrons. The first-order chi connectivity index (χ1) is 16.5. The first kappa shape index (κ1) is 29.8. The Morgan fingerprint density at radius 1 is 0.722 bits per heavy atom. The molecule has 0 aliphatic rings. The van der Waals surface area contributed by atoms with Gasteiger partial charge in [0.05, 0.1) is 10.9 Å². The number of alkyl halides is 5. The number of aliphatic hydroxyl groups excluding tert-OH is 1. The lowest BCUT2D eigenvalue weighted by Gasteiger charge is -2.26. The Morgan fingerprint density at radius 3 is 1.36 bits per heavy atom. The van der Waals surface area contributed by atoms with E-state index in [-0.39, 0.29) is 16.3 Å². The summed E-state index contributed by atoms with van der Waals surface area (Å²) >= 11 is 0. The molecule has 3 aromatic rings. The molecule has 0 aliphatic heterocycles. The van der Waals surface area contributed by atoms with E-state index < -0.39 is 27.7 Å². The van der Waals surface area contributed by atoms with E-state index in [2.05, 4.69) is 106 Å². The van der Waals surface area contributed by atoms with Gasteiger partial charge in [0.25, 0.3) is 0 Å². The predicted octanol–water partition coefficient (Wildman–Crippen LogP) is 6.13. The fourth-order valence-corrected chi connectivity index (χ4v) is 5.43. The van der Waals surface area contributed by atoms with Gasteiger partial charge in [0, 0.05) is 0 Å². The van der Waals surface area contributed by atoms with Crippen molar-refractivity contribution in [2.75, 3.05) is 0 Å². The monoisotopic (exact) mass is 548 g/mol. The van der Waals surface area contributed by atoms with Gasteiger partial charge in [-0.25, -0.2) is 8.42 Å². The number of aliphatic hydroxyl groups is 1. The van der Waals surface area contributed by atoms with Gasteiger partial charge >= 0.3 is 11.4 Å². The molecule has 1 N–H and O–H groups in total. The van der Waals surface area contributed by atoms with Gasteiger partial charge in [-0.3, -0.25) is 0 Å². The predicted molar refractivity (Wildman–Crippen MR) is 127 cm³/mol. The summed E-state index contributed by atoms with van der Waals surface area (Å²) in [6, 6.07) is 30.7. The number of benzene rings is 3. The van der Waals surface area contributed by atoms with Crippen molar-refractivity contribution in [2.24, 2.45) is 0 Å². The number of rotatable bonds is 5. The van der Waals surface area contributed by atoms with Crippen molar-refractivity contribution < 1.29 is 40.0 Å². The second-order valence-electron chi connectivity index (χ2n) is 8.67. The Morgan fingerprint density at radius 2 is 1.08 bits per heavy atom. The summed E-state index contributed by atoms with van der Waals surface area (Å²) in [6.45, 7) is 6.78. The van der Waals surface area contributed by atoms with Crippen LogP contribution in [-0.2, 0) is 26.4 Å². The quantitative estimate of drug-likeness (QED) is 0.237. The Bertz CT molecular complexity index is 1170. The Hall–Kier alpha value is -2.47. The second-order valence-corrected chi connectivity index (χ2v) is 12.1. The van der Waals surface area contributed by atoms with Gasteiger partial charge in [0.15, 0.2) is 24.8 Å². The number of halogens is 5. The summed E-state index contributed by atoms with van der Waals surface area (Å²) in [7, 11) is -6.59. The minimum Gasteiger partial charge on any atom is -0.743 e. The average Bonchev–Trinajstić information content (AvgIpc) is 2.79. The zero-order chi connectivity index (χ0) is 27.4. The third kappa shape index (κ3) is 7.52. The van der Waals surface area contributed by atoms with Crippen LogP contribution in [0.3, 0.4) is 0 Å². The molecule has 0 fully saturated rings. The van der Waals surface area contributed by atoms with E-state index in [1.54, 1.807) is 0 Å². The highest BCUT2D eigenvalue weighted by Crippen LogP contribution is 2.35. The van der Waals surface area contributed by atoms with E-state index in [1.165, 1.54) is 20.2 Å². The SMILES string of the molecule is CC(C)(C)c1ccc([S+](c2ccccc2)c2ccccc2)cc1.O=S(=O)([O-])C(F)(F)C(O)C(F)(F)F. The Labute approximate surface area is 209 Å². The molecule has 0 heterocycles. The molecular weight excluding hydrogens is 523 g/mol. The maximum Gasteiger partial charge on any atom is 0.421 e. The van der Waals surface area contributed by atoms with E-state index in [0.717, 1.165) is 0 Å². The van der Waals surface area contributed by atoms with Crippen LogP contribution < -0.4 is 0 Å². The fourth-order valence-electron chi connectivity index (χ4n) is 2.94. The topological polar surface area (TPSA) is 77.4 Å². The lowest BCUT2D eigenvalue weighted by molar-refractivity contribution is -0.248. The summed E-state index contributed by atoms with van der Waals surface area (Å²) in [5.41, 5.74) is 1.57. The van der Waals surface area contributed by atoms with E-state index in [9.17, 15) is 34.9 Å². The molecule has 3 aromatic carbocycles. The minimum absolute atomic E-state index is 0.0497. The van der Waals surface area contributed by atoms with Gasteiger partial charge in [-0.15, -0.1) is 0 Å². The molecule has 0 saturated carbocycles. The summed E-state index contributed by atoms with van der Waals surface area (Å²) in [5.74, 6) is 0. The highest BCUT2D eigenvalue weighted by atomic mass is 32.2. The van der Waals surface area contributed by atoms with Gasteiger partial charge in [0.2, 0.25) is 6.10 Å². The van der Waals surface area contributed by atoms with Gasteiger partial charge in [-0.2, -0.15) is 22.0 Å². The molecule has 1 atom stereocenters. The first-order valence-electron chi connectivity index (χ1n) is 10.5. The zero-order valence-electron chi connectivity index (χ0n) is 19.5. The fraction of sp³-hybridized carbons (Fsp3) is 0.280. The van der Waals surface area contributed by atoms with E-state index in [4.69, 9.17) is 5.11 Å². The Kier molecular flexibility index (Phi) is 9.33. The maximum atomic E-state index is 11.9. The van der Waals surface area contributed by atoms with Crippen molar-refractivity contribution in [3.8, 4) is 0 Å².